The van der Waals surface area contributed by atoms with Gasteiger partial charge in [0.25, 0.3) is 0 Å². The molecule has 2 amide bonds. The van der Waals surface area contributed by atoms with Crippen LogP contribution in [0.15, 0.2) is 110 Å². The van der Waals surface area contributed by atoms with Gasteiger partial charge in [0.15, 0.2) is 0 Å². The summed E-state index contributed by atoms with van der Waals surface area (Å²) in [6.45, 7) is 15.6. The van der Waals surface area contributed by atoms with Crippen LogP contribution in [0.1, 0.15) is 94.3 Å². The fourth-order valence-electron chi connectivity index (χ4n) is 5.31. The van der Waals surface area contributed by atoms with E-state index in [2.05, 4.69) is 41.5 Å². The van der Waals surface area contributed by atoms with Gasteiger partial charge < -0.3 is 29.6 Å². The van der Waals surface area contributed by atoms with E-state index in [0.29, 0.717) is 24.7 Å². The van der Waals surface area contributed by atoms with Gasteiger partial charge >= 0.3 is 12.2 Å². The van der Waals surface area contributed by atoms with Crippen molar-refractivity contribution >= 4 is 18.3 Å². The van der Waals surface area contributed by atoms with Crippen molar-refractivity contribution < 1.29 is 28.5 Å². The van der Waals surface area contributed by atoms with E-state index >= 15 is 0 Å². The van der Waals surface area contributed by atoms with Crippen molar-refractivity contribution in [1.29, 1.82) is 0 Å². The van der Waals surface area contributed by atoms with Crippen molar-refractivity contribution in [3.05, 3.63) is 138 Å². The van der Waals surface area contributed by atoms with Crippen LogP contribution >= 0.6 is 0 Å². The zero-order valence-corrected chi connectivity index (χ0v) is 30.7. The van der Waals surface area contributed by atoms with Gasteiger partial charge in [-0.1, -0.05) is 91.5 Å². The Morgan fingerprint density at radius 2 is 1.12 bits per heavy atom. The molecule has 0 aromatic heterocycles. The zero-order valence-electron chi connectivity index (χ0n) is 30.7. The third-order valence-electron chi connectivity index (χ3n) is 7.75. The second-order valence-electron chi connectivity index (χ2n) is 14.4. The Balaban J connectivity index is 1.52. The molecule has 0 bridgehead atoms. The summed E-state index contributed by atoms with van der Waals surface area (Å²) in [5.74, 6) is 1.38. The van der Waals surface area contributed by atoms with Gasteiger partial charge in [-0.2, -0.15) is 0 Å². The van der Waals surface area contributed by atoms with Gasteiger partial charge in [0.1, 0.15) is 29.3 Å². The van der Waals surface area contributed by atoms with Gasteiger partial charge in [0.05, 0.1) is 18.7 Å². The average molecular weight is 693 g/mol. The number of rotatable bonds is 15. The predicted octanol–water partition coefficient (Wildman–Crippen LogP) is 10.1. The molecule has 51 heavy (non-hydrogen) atoms. The van der Waals surface area contributed by atoms with Crippen LogP contribution in [0.4, 0.5) is 9.59 Å². The number of alkyl carbamates (subject to hydrolysis) is 2. The second-order valence-corrected chi connectivity index (χ2v) is 14.4. The third-order valence-corrected chi connectivity index (χ3v) is 7.75. The Kier molecular flexibility index (Phi) is 13.7. The summed E-state index contributed by atoms with van der Waals surface area (Å²) in [6.07, 6.45) is 3.48. The molecule has 2 atom stereocenters. The molecular weight excluding hydrogens is 640 g/mol. The Labute approximate surface area is 303 Å². The molecule has 8 heteroatoms. The van der Waals surface area contributed by atoms with Crippen molar-refractivity contribution in [2.45, 2.75) is 90.7 Å². The first-order valence-electron chi connectivity index (χ1n) is 17.5. The van der Waals surface area contributed by atoms with Crippen LogP contribution in [0.2, 0.25) is 0 Å². The molecular formula is C43H52N2O6. The lowest BCUT2D eigenvalue weighted by Crippen LogP contribution is -2.44. The summed E-state index contributed by atoms with van der Waals surface area (Å²) in [5, 5.41) is 6.02. The fraction of sp³-hybridized carbons (Fsp3) is 0.349. The third kappa shape index (κ3) is 13.5. The Morgan fingerprint density at radius 3 is 1.59 bits per heavy atom. The zero-order chi connectivity index (χ0) is 36.9. The minimum absolute atomic E-state index is 0.418. The van der Waals surface area contributed by atoms with Crippen molar-refractivity contribution in [2.24, 2.45) is 0 Å². The molecule has 270 valence electrons. The molecule has 0 unspecified atom stereocenters. The number of aryl methyl sites for hydroxylation is 1. The fourth-order valence-corrected chi connectivity index (χ4v) is 5.31. The van der Waals surface area contributed by atoms with Gasteiger partial charge in [-0.05, 0) is 113 Å². The smallest absolute Gasteiger partial charge is 0.408 e. The second kappa shape index (κ2) is 18.1. The van der Waals surface area contributed by atoms with E-state index in [1.165, 1.54) is 5.56 Å². The molecule has 0 spiro atoms. The summed E-state index contributed by atoms with van der Waals surface area (Å²) in [4.78, 5) is 26.5. The van der Waals surface area contributed by atoms with E-state index in [9.17, 15) is 9.59 Å². The van der Waals surface area contributed by atoms with Crippen LogP contribution in [-0.2, 0) is 22.5 Å². The minimum Gasteiger partial charge on any atom is -0.494 e. The van der Waals surface area contributed by atoms with Crippen LogP contribution < -0.4 is 20.1 Å². The Hall–Kier alpha value is -5.24. The van der Waals surface area contributed by atoms with E-state index in [0.717, 1.165) is 41.5 Å². The average Bonchev–Trinajstić information content (AvgIpc) is 3.08. The number of ether oxygens (including phenoxy) is 4. The normalized spacial score (nSPS) is 12.6. The summed E-state index contributed by atoms with van der Waals surface area (Å²) < 4.78 is 23.4. The molecule has 4 rings (SSSR count). The lowest BCUT2D eigenvalue weighted by atomic mass is 9.93. The van der Waals surface area contributed by atoms with E-state index in [4.69, 9.17) is 18.9 Å². The number of unbranched alkanes of at least 4 members (excludes halogenated alkanes) is 1. The maximum absolute atomic E-state index is 13.2. The molecule has 0 fully saturated rings. The summed E-state index contributed by atoms with van der Waals surface area (Å²) in [7, 11) is 0. The highest BCUT2D eigenvalue weighted by molar-refractivity contribution is 5.71. The number of carbonyl (C=O) groups excluding carboxylic acids is 2. The van der Waals surface area contributed by atoms with Crippen molar-refractivity contribution in [3.8, 4) is 11.5 Å². The van der Waals surface area contributed by atoms with E-state index in [-0.39, 0.29) is 0 Å². The summed E-state index contributed by atoms with van der Waals surface area (Å²) >= 11 is 0. The SMILES string of the molecule is C=Cc1ccc(CCCCOc2ccc([C@H](NC(=O)OC(C)(C)C)[C@H](NC(=O)OC(C)(C)C)c3ccc(OCc4ccccc4)cc3)cc2)cc1. The van der Waals surface area contributed by atoms with E-state index < -0.39 is 35.5 Å². The monoisotopic (exact) mass is 692 g/mol. The van der Waals surface area contributed by atoms with Crippen LogP contribution in [0.25, 0.3) is 6.08 Å². The van der Waals surface area contributed by atoms with Crippen molar-refractivity contribution in [1.82, 2.24) is 10.6 Å². The van der Waals surface area contributed by atoms with Gasteiger partial charge in [-0.25, -0.2) is 9.59 Å². The number of carbonyl (C=O) groups is 2. The molecule has 0 aliphatic carbocycles. The molecule has 0 radical (unpaired) electrons. The van der Waals surface area contributed by atoms with Gasteiger partial charge in [0, 0.05) is 0 Å². The highest BCUT2D eigenvalue weighted by atomic mass is 16.6. The van der Waals surface area contributed by atoms with Crippen molar-refractivity contribution in [2.75, 3.05) is 6.61 Å². The van der Waals surface area contributed by atoms with Crippen LogP contribution in [-0.4, -0.2) is 30.0 Å². The number of amides is 2. The topological polar surface area (TPSA) is 95.1 Å². The first-order chi connectivity index (χ1) is 24.3. The first kappa shape index (κ1) is 38.6. The lowest BCUT2D eigenvalue weighted by molar-refractivity contribution is 0.0427. The summed E-state index contributed by atoms with van der Waals surface area (Å²) in [5.41, 5.74) is 3.46. The van der Waals surface area contributed by atoms with Crippen LogP contribution in [0.5, 0.6) is 11.5 Å². The Morgan fingerprint density at radius 1 is 0.627 bits per heavy atom. The molecule has 4 aromatic rings. The minimum atomic E-state index is -0.733. The highest BCUT2D eigenvalue weighted by Gasteiger charge is 2.31. The number of hydrogen-bond acceptors (Lipinski definition) is 6. The van der Waals surface area contributed by atoms with Crippen molar-refractivity contribution in [3.63, 3.8) is 0 Å². The van der Waals surface area contributed by atoms with Gasteiger partial charge in [-0.3, -0.25) is 0 Å². The molecule has 0 aliphatic heterocycles. The van der Waals surface area contributed by atoms with Crippen LogP contribution in [0, 0.1) is 0 Å². The van der Waals surface area contributed by atoms with E-state index in [1.54, 1.807) is 41.5 Å². The maximum atomic E-state index is 13.2. The molecule has 0 saturated heterocycles. The van der Waals surface area contributed by atoms with Crippen LogP contribution in [0.3, 0.4) is 0 Å². The maximum Gasteiger partial charge on any atom is 0.408 e. The first-order valence-corrected chi connectivity index (χ1v) is 17.5. The Bertz CT molecular complexity index is 1670. The number of nitrogens with one attached hydrogen (secondary N) is 2. The molecule has 2 N–H and O–H groups in total. The standard InChI is InChI=1S/C43H52N2O6/c1-8-31-17-19-32(20-18-31)14-12-13-29-48-36-25-21-34(22-26-36)38(44-40(46)50-42(2,3)4)39(45-41(47)51-43(5,6)7)35-23-27-37(28-24-35)49-30-33-15-10-9-11-16-33/h8-11,15-28,38-39H,1,12-14,29-30H2,2-7H3,(H,44,46)(H,45,47)/t38-,39+/m0/s1. The van der Waals surface area contributed by atoms with Gasteiger partial charge in [0.2, 0.25) is 0 Å². The number of hydrogen-bond donors (Lipinski definition) is 2. The predicted molar refractivity (Wildman–Crippen MR) is 203 cm³/mol. The highest BCUT2D eigenvalue weighted by Crippen LogP contribution is 2.32. The molecule has 0 aliphatic rings. The lowest BCUT2D eigenvalue weighted by Gasteiger charge is -2.32. The summed E-state index contributed by atoms with van der Waals surface area (Å²) in [6, 6.07) is 31.8. The van der Waals surface area contributed by atoms with Gasteiger partial charge in [-0.15, -0.1) is 0 Å². The van der Waals surface area contributed by atoms with E-state index in [1.807, 2.05) is 84.9 Å². The quantitative estimate of drug-likeness (QED) is 0.120. The molecule has 4 aromatic carbocycles. The molecule has 0 heterocycles. The molecule has 0 saturated carbocycles. The molecule has 8 nitrogen and oxygen atoms in total. The number of benzene rings is 4. The largest absolute Gasteiger partial charge is 0.494 e.